The van der Waals surface area contributed by atoms with Crippen LogP contribution >= 0.6 is 15.9 Å². The Morgan fingerprint density at radius 1 is 1.73 bits per heavy atom. The molecule has 2 N–H and O–H groups in total. The van der Waals surface area contributed by atoms with Gasteiger partial charge in [-0.05, 0) is 20.8 Å². The van der Waals surface area contributed by atoms with Gasteiger partial charge in [-0.3, -0.25) is 0 Å². The van der Waals surface area contributed by atoms with Crippen LogP contribution in [0.3, 0.4) is 0 Å². The Morgan fingerprint density at radius 2 is 2.18 bits per heavy atom. The van der Waals surface area contributed by atoms with Gasteiger partial charge in [0.2, 0.25) is 0 Å². The highest BCUT2D eigenvalue weighted by Gasteiger charge is 2.21. The van der Waals surface area contributed by atoms with E-state index >= 15 is 0 Å². The van der Waals surface area contributed by atoms with Gasteiger partial charge in [-0.1, -0.05) is 22.5 Å². The predicted molar refractivity (Wildman–Crippen MR) is 51.8 cm³/mol. The second-order valence-electron chi connectivity index (χ2n) is 3.27. The monoisotopic (exact) mass is 221 g/mol. The Bertz CT molecular complexity index is 140. The number of nitrogens with one attached hydrogen (secondary N) is 1. The smallest absolute Gasteiger partial charge is 0.0741 e. The maximum absolute atomic E-state index is 9.49. The van der Waals surface area contributed by atoms with Crippen molar-refractivity contribution in [2.75, 3.05) is 6.54 Å². The third-order valence-corrected chi connectivity index (χ3v) is 1.94. The number of hydrogen-bond acceptors (Lipinski definition) is 2. The van der Waals surface area contributed by atoms with Crippen molar-refractivity contribution >= 4 is 15.9 Å². The minimum Gasteiger partial charge on any atom is -0.389 e. The molecule has 11 heavy (non-hydrogen) atoms. The Hall–Kier alpha value is 0.140. The van der Waals surface area contributed by atoms with Crippen LogP contribution in [0.4, 0.5) is 0 Å². The lowest BCUT2D eigenvalue weighted by Gasteiger charge is -2.26. The summed E-state index contributed by atoms with van der Waals surface area (Å²) in [5.74, 6) is 0. The summed E-state index contributed by atoms with van der Waals surface area (Å²) >= 11 is 3.23. The second-order valence-corrected chi connectivity index (χ2v) is 4.39. The van der Waals surface area contributed by atoms with Gasteiger partial charge in [0.15, 0.2) is 0 Å². The molecular formula is C8H16BrNO. The lowest BCUT2D eigenvalue weighted by atomic mass is 10.0. The zero-order valence-electron chi connectivity index (χ0n) is 7.32. The third-order valence-electron chi connectivity index (χ3n) is 1.66. The largest absolute Gasteiger partial charge is 0.389 e. The topological polar surface area (TPSA) is 32.3 Å². The van der Waals surface area contributed by atoms with Crippen molar-refractivity contribution in [3.8, 4) is 0 Å². The molecule has 0 spiro atoms. The number of halogens is 1. The van der Waals surface area contributed by atoms with E-state index in [4.69, 9.17) is 0 Å². The van der Waals surface area contributed by atoms with Crippen LogP contribution in [0, 0.1) is 0 Å². The Balaban J connectivity index is 3.70. The first-order valence-corrected chi connectivity index (χ1v) is 4.42. The lowest BCUT2D eigenvalue weighted by molar-refractivity contribution is 0.0457. The van der Waals surface area contributed by atoms with E-state index in [1.54, 1.807) is 13.8 Å². The van der Waals surface area contributed by atoms with Crippen molar-refractivity contribution in [2.24, 2.45) is 0 Å². The molecule has 0 aliphatic heterocycles. The summed E-state index contributed by atoms with van der Waals surface area (Å²) in [5, 5.41) is 12.6. The molecule has 0 fully saturated rings. The standard InChI is InChI=1S/C8H16BrNO/c1-6(9)5-10-7(2)8(3,4)11/h7,10-11H,1,5H2,2-4H3. The van der Waals surface area contributed by atoms with Crippen LogP contribution in [-0.4, -0.2) is 23.3 Å². The first-order chi connectivity index (χ1) is 4.84. The van der Waals surface area contributed by atoms with E-state index in [0.29, 0.717) is 6.54 Å². The van der Waals surface area contributed by atoms with Crippen LogP contribution in [0.15, 0.2) is 11.1 Å². The fraction of sp³-hybridized carbons (Fsp3) is 0.750. The molecule has 0 saturated carbocycles. The van der Waals surface area contributed by atoms with Crippen LogP contribution in [0.1, 0.15) is 20.8 Å². The molecule has 0 heterocycles. The molecule has 2 nitrogen and oxygen atoms in total. The molecule has 0 aliphatic rings. The second kappa shape index (κ2) is 4.24. The van der Waals surface area contributed by atoms with Gasteiger partial charge in [-0.15, -0.1) is 0 Å². The minimum atomic E-state index is -0.678. The highest BCUT2D eigenvalue weighted by Crippen LogP contribution is 2.08. The van der Waals surface area contributed by atoms with E-state index in [9.17, 15) is 5.11 Å². The summed E-state index contributed by atoms with van der Waals surface area (Å²) in [6, 6.07) is 0.0665. The first-order valence-electron chi connectivity index (χ1n) is 3.63. The molecule has 1 unspecified atom stereocenters. The van der Waals surface area contributed by atoms with Gasteiger partial charge in [0.05, 0.1) is 5.60 Å². The molecule has 0 radical (unpaired) electrons. The zero-order chi connectivity index (χ0) is 9.07. The third kappa shape index (κ3) is 5.41. The Morgan fingerprint density at radius 3 is 2.45 bits per heavy atom. The van der Waals surface area contributed by atoms with Gasteiger partial charge in [-0.2, -0.15) is 0 Å². The van der Waals surface area contributed by atoms with Gasteiger partial charge < -0.3 is 10.4 Å². The van der Waals surface area contributed by atoms with Crippen molar-refractivity contribution in [3.05, 3.63) is 11.1 Å². The van der Waals surface area contributed by atoms with E-state index in [2.05, 4.69) is 27.8 Å². The summed E-state index contributed by atoms with van der Waals surface area (Å²) in [7, 11) is 0. The quantitative estimate of drug-likeness (QED) is 0.757. The molecular weight excluding hydrogens is 206 g/mol. The van der Waals surface area contributed by atoms with Gasteiger partial charge in [0.1, 0.15) is 0 Å². The van der Waals surface area contributed by atoms with Crippen molar-refractivity contribution < 1.29 is 5.11 Å². The van der Waals surface area contributed by atoms with Crippen LogP contribution in [0.5, 0.6) is 0 Å². The Kier molecular flexibility index (Phi) is 4.29. The van der Waals surface area contributed by atoms with Crippen LogP contribution in [0.2, 0.25) is 0 Å². The molecule has 0 bridgehead atoms. The van der Waals surface area contributed by atoms with Gasteiger partial charge >= 0.3 is 0 Å². The SMILES string of the molecule is C=C(Br)CNC(C)C(C)(C)O. The summed E-state index contributed by atoms with van der Waals surface area (Å²) in [4.78, 5) is 0. The molecule has 0 amide bonds. The molecule has 0 aromatic rings. The van der Waals surface area contributed by atoms with Gasteiger partial charge in [-0.25, -0.2) is 0 Å². The molecule has 0 aliphatic carbocycles. The van der Waals surface area contributed by atoms with E-state index in [1.807, 2.05) is 6.92 Å². The summed E-state index contributed by atoms with van der Waals surface area (Å²) in [5.41, 5.74) is -0.678. The normalized spacial score (nSPS) is 14.6. The molecule has 0 rings (SSSR count). The summed E-state index contributed by atoms with van der Waals surface area (Å²) in [6.45, 7) is 9.87. The minimum absolute atomic E-state index is 0.0665. The highest BCUT2D eigenvalue weighted by molar-refractivity contribution is 9.11. The van der Waals surface area contributed by atoms with Crippen LogP contribution in [-0.2, 0) is 0 Å². The Labute approximate surface area is 76.8 Å². The van der Waals surface area contributed by atoms with Crippen molar-refractivity contribution in [1.82, 2.24) is 5.32 Å². The summed E-state index contributed by atoms with van der Waals surface area (Å²) < 4.78 is 0.897. The average molecular weight is 222 g/mol. The maximum atomic E-state index is 9.49. The van der Waals surface area contributed by atoms with Gasteiger partial charge in [0.25, 0.3) is 0 Å². The average Bonchev–Trinajstić information content (AvgIpc) is 1.80. The van der Waals surface area contributed by atoms with E-state index < -0.39 is 5.60 Å². The lowest BCUT2D eigenvalue weighted by Crippen LogP contribution is -2.44. The molecule has 3 heteroatoms. The van der Waals surface area contributed by atoms with Crippen molar-refractivity contribution in [3.63, 3.8) is 0 Å². The van der Waals surface area contributed by atoms with Crippen LogP contribution in [0.25, 0.3) is 0 Å². The van der Waals surface area contributed by atoms with E-state index in [0.717, 1.165) is 4.48 Å². The number of hydrogen-bond donors (Lipinski definition) is 2. The van der Waals surface area contributed by atoms with E-state index in [1.165, 1.54) is 0 Å². The zero-order valence-corrected chi connectivity index (χ0v) is 8.90. The van der Waals surface area contributed by atoms with Crippen molar-refractivity contribution in [2.45, 2.75) is 32.4 Å². The number of aliphatic hydroxyl groups is 1. The first kappa shape index (κ1) is 11.1. The fourth-order valence-electron chi connectivity index (χ4n) is 0.514. The highest BCUT2D eigenvalue weighted by atomic mass is 79.9. The maximum Gasteiger partial charge on any atom is 0.0741 e. The molecule has 0 aromatic heterocycles. The van der Waals surface area contributed by atoms with Crippen LogP contribution < -0.4 is 5.32 Å². The molecule has 66 valence electrons. The molecule has 0 aromatic carbocycles. The molecule has 1 atom stereocenters. The fourth-order valence-corrected chi connectivity index (χ4v) is 0.675. The van der Waals surface area contributed by atoms with Gasteiger partial charge in [0, 0.05) is 17.1 Å². The summed E-state index contributed by atoms with van der Waals surface area (Å²) in [6.07, 6.45) is 0. The van der Waals surface area contributed by atoms with Crippen molar-refractivity contribution in [1.29, 1.82) is 0 Å². The predicted octanol–water partition coefficient (Wildman–Crippen LogP) is 1.64. The number of rotatable bonds is 4. The molecule has 0 saturated heterocycles. The van der Waals surface area contributed by atoms with E-state index in [-0.39, 0.29) is 6.04 Å².